The average molecular weight is 724 g/mol. The molecule has 0 saturated heterocycles. The van der Waals surface area contributed by atoms with Crippen molar-refractivity contribution in [3.63, 3.8) is 0 Å². The van der Waals surface area contributed by atoms with Gasteiger partial charge >= 0.3 is 5.69 Å². The Hall–Kier alpha value is -4.95. The first-order valence-corrected chi connectivity index (χ1v) is 17.0. The van der Waals surface area contributed by atoms with Gasteiger partial charge in [-0.3, -0.25) is 49.7 Å². The third-order valence-corrected chi connectivity index (χ3v) is 7.76. The van der Waals surface area contributed by atoms with Gasteiger partial charge in [-0.1, -0.05) is 0 Å². The summed E-state index contributed by atoms with van der Waals surface area (Å²) in [5, 5.41) is 57.9. The number of hydrogen-bond donors (Lipinski definition) is 6. The second-order valence-electron chi connectivity index (χ2n) is 11.8. The number of rotatable bonds is 26. The van der Waals surface area contributed by atoms with Gasteiger partial charge < -0.3 is 16.0 Å². The Morgan fingerprint density at radius 1 is 0.686 bits per heavy atom. The van der Waals surface area contributed by atoms with Crippen molar-refractivity contribution in [3.8, 4) is 0 Å². The summed E-state index contributed by atoms with van der Waals surface area (Å²) in [6.45, 7) is 2.92. The Morgan fingerprint density at radius 2 is 1.16 bits per heavy atom. The molecule has 0 fully saturated rings. The van der Waals surface area contributed by atoms with Gasteiger partial charge in [0, 0.05) is 77.9 Å². The van der Waals surface area contributed by atoms with Gasteiger partial charge in [-0.2, -0.15) is 0 Å². The molecule has 5 amide bonds. The maximum Gasteiger partial charge on any atom is 0.300 e. The number of nitrogens with zero attached hydrogens (tertiary/aromatic N) is 6. The van der Waals surface area contributed by atoms with Crippen LogP contribution >= 0.6 is 0 Å². The number of hydrogen-bond acceptors (Lipinski definition) is 14. The fraction of sp³-hybridized carbons (Fsp3) is 0.645. The average Bonchev–Trinajstić information content (AvgIpc) is 3.60. The van der Waals surface area contributed by atoms with E-state index in [0.717, 1.165) is 0 Å². The quantitative estimate of drug-likeness (QED) is 0.0352. The third-order valence-electron chi connectivity index (χ3n) is 7.76. The lowest BCUT2D eigenvalue weighted by Gasteiger charge is -2.15. The van der Waals surface area contributed by atoms with Crippen LogP contribution in [-0.2, 0) is 24.0 Å². The maximum absolute atomic E-state index is 12.2. The number of fused-ring (bicyclic) bond motifs is 1. The van der Waals surface area contributed by atoms with E-state index in [4.69, 9.17) is 0 Å². The van der Waals surface area contributed by atoms with Crippen molar-refractivity contribution in [2.24, 2.45) is 0 Å². The van der Waals surface area contributed by atoms with Crippen LogP contribution in [-0.4, -0.2) is 115 Å². The molecule has 0 aliphatic heterocycles. The van der Waals surface area contributed by atoms with E-state index < -0.39 is 22.6 Å². The summed E-state index contributed by atoms with van der Waals surface area (Å²) in [7, 11) is 0. The number of unbranched alkanes of at least 4 members (excludes halogenated alkanes) is 6. The highest BCUT2D eigenvalue weighted by Crippen LogP contribution is 2.28. The number of nitro groups is 1. The number of nitrogens with one attached hydrogen (secondary N) is 3. The highest BCUT2D eigenvalue weighted by molar-refractivity contribution is 5.93. The third kappa shape index (κ3) is 16.5. The molecule has 0 atom stereocenters. The van der Waals surface area contributed by atoms with Gasteiger partial charge in [0.05, 0.1) is 10.6 Å². The number of hydroxylamine groups is 6. The molecule has 0 aliphatic carbocycles. The van der Waals surface area contributed by atoms with Crippen molar-refractivity contribution in [1.29, 1.82) is 0 Å². The largest absolute Gasteiger partial charge is 0.383 e. The second-order valence-corrected chi connectivity index (χ2v) is 11.8. The van der Waals surface area contributed by atoms with Crippen molar-refractivity contribution in [3.05, 3.63) is 22.2 Å². The lowest BCUT2D eigenvalue weighted by molar-refractivity contribution is -0.383. The molecule has 2 aromatic rings. The summed E-state index contributed by atoms with van der Waals surface area (Å²) in [6.07, 6.45) is 5.04. The minimum Gasteiger partial charge on any atom is -0.383 e. The highest BCUT2D eigenvalue weighted by atomic mass is 16.6. The summed E-state index contributed by atoms with van der Waals surface area (Å²) in [5.41, 5.74) is 0.641. The minimum absolute atomic E-state index is 0.0518. The molecule has 0 aliphatic rings. The first kappa shape index (κ1) is 42.2. The molecule has 1 aromatic heterocycles. The van der Waals surface area contributed by atoms with E-state index in [1.807, 2.05) is 0 Å². The van der Waals surface area contributed by atoms with Crippen LogP contribution in [0.2, 0.25) is 0 Å². The summed E-state index contributed by atoms with van der Waals surface area (Å²) in [5.74, 6) is -2.23. The van der Waals surface area contributed by atoms with Crippen LogP contribution in [0.25, 0.3) is 11.0 Å². The van der Waals surface area contributed by atoms with E-state index in [1.54, 1.807) is 0 Å². The van der Waals surface area contributed by atoms with Crippen LogP contribution in [0.4, 0.5) is 11.4 Å². The van der Waals surface area contributed by atoms with E-state index in [2.05, 4.69) is 30.9 Å². The van der Waals surface area contributed by atoms with Crippen molar-refractivity contribution in [2.45, 2.75) is 90.4 Å². The number of carbonyl (C=O) groups excluding carboxylic acids is 5. The molecular formula is C31H49N9O11. The van der Waals surface area contributed by atoms with Crippen LogP contribution < -0.4 is 16.0 Å². The Morgan fingerprint density at radius 3 is 1.65 bits per heavy atom. The Kier molecular flexibility index (Phi) is 19.4. The van der Waals surface area contributed by atoms with E-state index in [9.17, 15) is 49.7 Å². The van der Waals surface area contributed by atoms with Gasteiger partial charge in [0.15, 0.2) is 5.52 Å². The molecule has 0 radical (unpaired) electrons. The SMILES string of the molecule is CC(=O)N(O)CCCCCNC(=O)CCC(=O)N(O)CCCCCNC(=O)CCC(=O)N(O)CCCCCNc1ccc([N+](=O)[O-])c2nonc12. The number of anilines is 1. The number of amides is 5. The molecule has 0 bridgehead atoms. The number of carbonyl (C=O) groups is 5. The summed E-state index contributed by atoms with van der Waals surface area (Å²) in [6, 6.07) is 2.84. The van der Waals surface area contributed by atoms with Gasteiger partial charge in [0.25, 0.3) is 0 Å². The minimum atomic E-state index is -0.572. The van der Waals surface area contributed by atoms with Crippen molar-refractivity contribution in [1.82, 2.24) is 36.1 Å². The van der Waals surface area contributed by atoms with Crippen LogP contribution in [0.3, 0.4) is 0 Å². The zero-order valence-corrected chi connectivity index (χ0v) is 28.9. The van der Waals surface area contributed by atoms with Gasteiger partial charge in [0.2, 0.25) is 35.1 Å². The normalized spacial score (nSPS) is 10.8. The van der Waals surface area contributed by atoms with Crippen LogP contribution in [0.5, 0.6) is 0 Å². The topological polar surface area (TPSA) is 274 Å². The molecule has 1 aromatic carbocycles. The molecule has 20 heteroatoms. The predicted octanol–water partition coefficient (Wildman–Crippen LogP) is 2.52. The van der Waals surface area contributed by atoms with Crippen molar-refractivity contribution >= 4 is 51.9 Å². The van der Waals surface area contributed by atoms with Crippen LogP contribution in [0, 0.1) is 10.1 Å². The number of benzene rings is 1. The molecule has 0 spiro atoms. The molecule has 2 rings (SSSR count). The van der Waals surface area contributed by atoms with Crippen molar-refractivity contribution in [2.75, 3.05) is 44.6 Å². The molecule has 51 heavy (non-hydrogen) atoms. The van der Waals surface area contributed by atoms with Gasteiger partial charge in [0.1, 0.15) is 0 Å². The number of aromatic nitrogens is 2. The zero-order chi connectivity index (χ0) is 37.6. The molecule has 20 nitrogen and oxygen atoms in total. The standard InChI is InChI=1S/C31H49N9O11/c1-23(41)37(46)20-8-3-6-18-33-26(42)13-16-29(45)39(48)22-10-4-7-19-34-27(43)14-15-28(44)38(47)21-9-2-5-17-32-24-11-12-25(40(49)50)31-30(24)35-51-36-31/h11-12,32,46-48H,2-10,13-22H2,1H3,(H,33,42)(H,34,43). The molecule has 0 unspecified atom stereocenters. The maximum atomic E-state index is 12.2. The summed E-state index contributed by atoms with van der Waals surface area (Å²) in [4.78, 5) is 69.7. The number of nitro benzene ring substituents is 1. The number of non-ortho nitro benzene ring substituents is 1. The Labute approximate surface area is 294 Å². The first-order valence-electron chi connectivity index (χ1n) is 17.0. The molecule has 6 N–H and O–H groups in total. The smallest absolute Gasteiger partial charge is 0.300 e. The molecular weight excluding hydrogens is 674 g/mol. The van der Waals surface area contributed by atoms with E-state index in [-0.39, 0.29) is 73.9 Å². The van der Waals surface area contributed by atoms with Crippen LogP contribution in [0.1, 0.15) is 90.4 Å². The molecule has 0 saturated carbocycles. The van der Waals surface area contributed by atoms with E-state index in [0.29, 0.717) is 98.3 Å². The van der Waals surface area contributed by atoms with Gasteiger partial charge in [-0.05, 0) is 74.2 Å². The van der Waals surface area contributed by atoms with Gasteiger partial charge in [-0.25, -0.2) is 19.8 Å². The molecule has 1 heterocycles. The van der Waals surface area contributed by atoms with E-state index in [1.165, 1.54) is 19.1 Å². The second kappa shape index (κ2) is 23.5. The Balaban J connectivity index is 1.44. The first-order chi connectivity index (χ1) is 24.4. The lowest BCUT2D eigenvalue weighted by Crippen LogP contribution is -2.31. The molecule has 284 valence electrons. The summed E-state index contributed by atoms with van der Waals surface area (Å²) >= 11 is 0. The highest BCUT2D eigenvalue weighted by Gasteiger charge is 2.19. The van der Waals surface area contributed by atoms with Crippen molar-refractivity contribution < 1.29 is 49.1 Å². The monoisotopic (exact) mass is 723 g/mol. The fourth-order valence-corrected chi connectivity index (χ4v) is 4.79. The predicted molar refractivity (Wildman–Crippen MR) is 179 cm³/mol. The Bertz CT molecular complexity index is 1440. The lowest BCUT2D eigenvalue weighted by atomic mass is 10.2. The zero-order valence-electron chi connectivity index (χ0n) is 28.9. The summed E-state index contributed by atoms with van der Waals surface area (Å²) < 4.78 is 4.63. The van der Waals surface area contributed by atoms with Crippen LogP contribution in [0.15, 0.2) is 16.8 Å². The fourth-order valence-electron chi connectivity index (χ4n) is 4.79. The van der Waals surface area contributed by atoms with E-state index >= 15 is 0 Å². The van der Waals surface area contributed by atoms with Gasteiger partial charge in [-0.15, -0.1) is 0 Å².